The zero-order chi connectivity index (χ0) is 23.0. The van der Waals surface area contributed by atoms with Crippen LogP contribution in [-0.2, 0) is 25.9 Å². The van der Waals surface area contributed by atoms with Crippen molar-refractivity contribution in [1.82, 2.24) is 14.5 Å². The van der Waals surface area contributed by atoms with Crippen LogP contribution in [0.2, 0.25) is 0 Å². The van der Waals surface area contributed by atoms with E-state index in [1.807, 2.05) is 36.4 Å². The molecule has 0 N–H and O–H groups in total. The van der Waals surface area contributed by atoms with E-state index in [9.17, 15) is 18.0 Å². The van der Waals surface area contributed by atoms with Crippen molar-refractivity contribution in [2.24, 2.45) is 0 Å². The zero-order valence-corrected chi connectivity index (χ0v) is 19.7. The van der Waals surface area contributed by atoms with Crippen molar-refractivity contribution < 1.29 is 17.9 Å². The minimum absolute atomic E-state index is 0.0391. The lowest BCUT2D eigenvalue weighted by molar-refractivity contribution is -0.135. The van der Waals surface area contributed by atoms with Gasteiger partial charge in [0.25, 0.3) is 5.56 Å². The van der Waals surface area contributed by atoms with Crippen LogP contribution in [0.5, 0.6) is 0 Å². The summed E-state index contributed by atoms with van der Waals surface area (Å²) in [5.41, 5.74) is 0.732. The molecule has 0 aliphatic carbocycles. The average molecular weight is 488 g/mol. The fourth-order valence-electron chi connectivity index (χ4n) is 4.54. The van der Waals surface area contributed by atoms with Gasteiger partial charge < -0.3 is 9.64 Å². The number of sulfone groups is 1. The maximum atomic E-state index is 13.3. The lowest BCUT2D eigenvalue weighted by Crippen LogP contribution is -2.47. The van der Waals surface area contributed by atoms with Crippen molar-refractivity contribution >= 4 is 37.3 Å². The Morgan fingerprint density at radius 1 is 1.24 bits per heavy atom. The zero-order valence-electron chi connectivity index (χ0n) is 18.1. The monoisotopic (exact) mass is 487 g/mol. The van der Waals surface area contributed by atoms with Crippen LogP contribution in [0.4, 0.5) is 0 Å². The van der Waals surface area contributed by atoms with E-state index in [1.165, 1.54) is 22.2 Å². The number of carbonyl (C=O) groups is 1. The molecule has 2 aliphatic heterocycles. The van der Waals surface area contributed by atoms with E-state index in [4.69, 9.17) is 4.74 Å². The van der Waals surface area contributed by atoms with E-state index < -0.39 is 9.84 Å². The highest BCUT2D eigenvalue weighted by Crippen LogP contribution is 2.30. The summed E-state index contributed by atoms with van der Waals surface area (Å²) in [6.45, 7) is 0.819. The molecule has 0 saturated carbocycles. The summed E-state index contributed by atoms with van der Waals surface area (Å²) in [5.74, 6) is -0.241. The quantitative estimate of drug-likeness (QED) is 0.529. The molecule has 33 heavy (non-hydrogen) atoms. The SMILES string of the molecule is O=C(Cn1cnc2sc(-c3ccccc3)cc2c1=O)N(C[C@H]1CCCO1)[C@H]1CCS(=O)(=O)C1. The number of amides is 1. The summed E-state index contributed by atoms with van der Waals surface area (Å²) in [5, 5.41) is 0.475. The summed E-state index contributed by atoms with van der Waals surface area (Å²) in [6.07, 6.45) is 3.49. The van der Waals surface area contributed by atoms with Crippen LogP contribution >= 0.6 is 11.3 Å². The maximum absolute atomic E-state index is 13.3. The molecule has 10 heteroatoms. The first-order valence-electron chi connectivity index (χ1n) is 11.1. The Morgan fingerprint density at radius 3 is 2.76 bits per heavy atom. The predicted octanol–water partition coefficient (Wildman–Crippen LogP) is 2.32. The van der Waals surface area contributed by atoms with Crippen molar-refractivity contribution in [3.05, 3.63) is 53.1 Å². The van der Waals surface area contributed by atoms with Crippen molar-refractivity contribution in [2.75, 3.05) is 24.7 Å². The molecule has 4 heterocycles. The van der Waals surface area contributed by atoms with Gasteiger partial charge in [-0.3, -0.25) is 14.2 Å². The molecule has 0 bridgehead atoms. The molecule has 0 spiro atoms. The highest BCUT2D eigenvalue weighted by molar-refractivity contribution is 7.91. The highest BCUT2D eigenvalue weighted by Gasteiger charge is 2.36. The molecule has 174 valence electrons. The third-order valence-electron chi connectivity index (χ3n) is 6.28. The van der Waals surface area contributed by atoms with Gasteiger partial charge >= 0.3 is 0 Å². The molecule has 8 nitrogen and oxygen atoms in total. The van der Waals surface area contributed by atoms with Crippen LogP contribution < -0.4 is 5.56 Å². The molecule has 2 saturated heterocycles. The first-order chi connectivity index (χ1) is 15.9. The van der Waals surface area contributed by atoms with Gasteiger partial charge in [-0.1, -0.05) is 30.3 Å². The molecule has 0 radical (unpaired) electrons. The van der Waals surface area contributed by atoms with Crippen LogP contribution in [0.1, 0.15) is 19.3 Å². The number of hydrogen-bond acceptors (Lipinski definition) is 7. The van der Waals surface area contributed by atoms with Crippen molar-refractivity contribution in [3.63, 3.8) is 0 Å². The number of benzene rings is 1. The number of carbonyl (C=O) groups excluding carboxylic acids is 1. The van der Waals surface area contributed by atoms with Crippen molar-refractivity contribution in [2.45, 2.75) is 38.0 Å². The standard InChI is InChI=1S/C23H25N3O5S2/c27-21(26(12-18-7-4-9-31-18)17-8-10-33(29,30)14-17)13-25-15-24-22-19(23(25)28)11-20(32-22)16-5-2-1-3-6-16/h1-3,5-6,11,15,17-18H,4,7-10,12-14H2/t17-,18+/m0/s1. The number of nitrogens with zero attached hydrogens (tertiary/aromatic N) is 3. The molecular formula is C23H25N3O5S2. The van der Waals surface area contributed by atoms with Crippen LogP contribution in [0.15, 0.2) is 47.5 Å². The Balaban J connectivity index is 1.41. The van der Waals surface area contributed by atoms with Gasteiger partial charge in [-0.05, 0) is 30.9 Å². The predicted molar refractivity (Wildman–Crippen MR) is 127 cm³/mol. The second-order valence-corrected chi connectivity index (χ2v) is 11.9. The van der Waals surface area contributed by atoms with Crippen LogP contribution in [0.25, 0.3) is 20.7 Å². The second kappa shape index (κ2) is 9.00. The summed E-state index contributed by atoms with van der Waals surface area (Å²) in [6, 6.07) is 11.2. The molecule has 5 rings (SSSR count). The lowest BCUT2D eigenvalue weighted by Gasteiger charge is -2.30. The summed E-state index contributed by atoms with van der Waals surface area (Å²) < 4.78 is 31.1. The van der Waals surface area contributed by atoms with E-state index in [2.05, 4.69) is 4.98 Å². The highest BCUT2D eigenvalue weighted by atomic mass is 32.2. The van der Waals surface area contributed by atoms with Crippen LogP contribution in [0.3, 0.4) is 0 Å². The first-order valence-corrected chi connectivity index (χ1v) is 13.7. The third kappa shape index (κ3) is 4.73. The fourth-order valence-corrected chi connectivity index (χ4v) is 7.26. The van der Waals surface area contributed by atoms with Gasteiger partial charge in [0.2, 0.25) is 5.91 Å². The van der Waals surface area contributed by atoms with Gasteiger partial charge in [-0.25, -0.2) is 13.4 Å². The van der Waals surface area contributed by atoms with Gasteiger partial charge in [0.05, 0.1) is 29.3 Å². The Labute approximate surface area is 195 Å². The Bertz CT molecular complexity index is 1330. The van der Waals surface area contributed by atoms with Crippen molar-refractivity contribution in [3.8, 4) is 10.4 Å². The second-order valence-electron chi connectivity index (χ2n) is 8.61. The number of aromatic nitrogens is 2. The Kier molecular flexibility index (Phi) is 6.07. The van der Waals surface area contributed by atoms with E-state index >= 15 is 0 Å². The van der Waals surface area contributed by atoms with E-state index in [0.717, 1.165) is 23.3 Å². The lowest BCUT2D eigenvalue weighted by atomic mass is 10.1. The van der Waals surface area contributed by atoms with E-state index in [0.29, 0.717) is 29.8 Å². The molecule has 1 aromatic carbocycles. The number of hydrogen-bond donors (Lipinski definition) is 0. The number of thiophene rings is 1. The van der Waals surface area contributed by atoms with Gasteiger partial charge in [-0.15, -0.1) is 11.3 Å². The third-order valence-corrected chi connectivity index (χ3v) is 9.12. The number of fused-ring (bicyclic) bond motifs is 1. The van der Waals surface area contributed by atoms with Crippen LogP contribution in [-0.4, -0.2) is 65.6 Å². The largest absolute Gasteiger partial charge is 0.376 e. The molecular weight excluding hydrogens is 462 g/mol. The fraction of sp³-hybridized carbons (Fsp3) is 0.435. The Morgan fingerprint density at radius 2 is 2.06 bits per heavy atom. The molecule has 0 unspecified atom stereocenters. The summed E-state index contributed by atoms with van der Waals surface area (Å²) >= 11 is 1.44. The number of ether oxygens (including phenoxy) is 1. The van der Waals surface area contributed by atoms with Crippen molar-refractivity contribution in [1.29, 1.82) is 0 Å². The summed E-state index contributed by atoms with van der Waals surface area (Å²) in [4.78, 5) is 34.0. The minimum Gasteiger partial charge on any atom is -0.376 e. The summed E-state index contributed by atoms with van der Waals surface area (Å²) in [7, 11) is -3.16. The molecule has 2 atom stereocenters. The number of rotatable bonds is 6. The van der Waals surface area contributed by atoms with Gasteiger partial charge in [0, 0.05) is 24.1 Å². The Hall–Kier alpha value is -2.56. The molecule has 3 aromatic rings. The van der Waals surface area contributed by atoms with E-state index in [1.54, 1.807) is 4.90 Å². The van der Waals surface area contributed by atoms with Gasteiger partial charge in [-0.2, -0.15) is 0 Å². The van der Waals surface area contributed by atoms with E-state index in [-0.39, 0.29) is 41.7 Å². The maximum Gasteiger partial charge on any atom is 0.262 e. The molecule has 2 aromatic heterocycles. The first kappa shape index (κ1) is 22.2. The minimum atomic E-state index is -3.16. The topological polar surface area (TPSA) is 98.6 Å². The molecule has 1 amide bonds. The van der Waals surface area contributed by atoms with Gasteiger partial charge in [0.1, 0.15) is 11.4 Å². The average Bonchev–Trinajstić information content (AvgIpc) is 3.54. The van der Waals surface area contributed by atoms with Crippen LogP contribution in [0, 0.1) is 0 Å². The molecule has 2 aliphatic rings. The smallest absolute Gasteiger partial charge is 0.262 e. The van der Waals surface area contributed by atoms with Gasteiger partial charge in [0.15, 0.2) is 9.84 Å². The molecule has 2 fully saturated rings. The normalized spacial score (nSPS) is 22.1.